The van der Waals surface area contributed by atoms with Crippen molar-refractivity contribution in [2.75, 3.05) is 10.2 Å². The Balaban J connectivity index is 1.89. The topological polar surface area (TPSA) is 86.7 Å². The highest BCUT2D eigenvalue weighted by Crippen LogP contribution is 2.43. The van der Waals surface area contributed by atoms with Gasteiger partial charge in [0, 0.05) is 23.9 Å². The number of halogens is 2. The normalized spacial score (nSPS) is 17.2. The quantitative estimate of drug-likeness (QED) is 0.216. The van der Waals surface area contributed by atoms with Crippen LogP contribution < -0.4 is 10.2 Å². The van der Waals surface area contributed by atoms with Gasteiger partial charge in [-0.3, -0.25) is 19.3 Å². The number of nitrogens with one attached hydrogen (secondary N) is 1. The van der Waals surface area contributed by atoms with Crippen LogP contribution in [0.1, 0.15) is 50.4 Å². The highest BCUT2D eigenvalue weighted by Gasteiger charge is 2.47. The predicted octanol–water partition coefficient (Wildman–Crippen LogP) is 6.88. The minimum atomic E-state index is -0.893. The second kappa shape index (κ2) is 10.0. The molecule has 37 heavy (non-hydrogen) atoms. The maximum atomic E-state index is 13.4. The number of carbonyl (C=O) groups excluding carboxylic acids is 3. The molecule has 3 aromatic rings. The molecule has 1 aliphatic heterocycles. The van der Waals surface area contributed by atoms with Gasteiger partial charge in [0.15, 0.2) is 0 Å². The SMILES string of the molecule is CC(=O)Nc1ccc(N2C(=O)C(=O)/C(=C(\O)c3ccc(Cl)c(Cl)c3)C2c2ccc(C(C)(C)C)cc2)cc1. The number of benzene rings is 3. The summed E-state index contributed by atoms with van der Waals surface area (Å²) in [6.45, 7) is 7.68. The highest BCUT2D eigenvalue weighted by atomic mass is 35.5. The summed E-state index contributed by atoms with van der Waals surface area (Å²) in [6.07, 6.45) is 0. The summed E-state index contributed by atoms with van der Waals surface area (Å²) < 4.78 is 0. The average Bonchev–Trinajstić information content (AvgIpc) is 3.10. The van der Waals surface area contributed by atoms with E-state index in [2.05, 4.69) is 26.1 Å². The third-order valence-corrected chi connectivity index (χ3v) is 6.93. The van der Waals surface area contributed by atoms with E-state index in [-0.39, 0.29) is 33.2 Å². The molecule has 8 heteroatoms. The van der Waals surface area contributed by atoms with E-state index in [4.69, 9.17) is 23.2 Å². The monoisotopic (exact) mass is 536 g/mol. The van der Waals surface area contributed by atoms with E-state index < -0.39 is 17.7 Å². The molecular weight excluding hydrogens is 511 g/mol. The Bertz CT molecular complexity index is 1420. The van der Waals surface area contributed by atoms with Crippen LogP contribution in [-0.2, 0) is 19.8 Å². The van der Waals surface area contributed by atoms with Gasteiger partial charge in [0.25, 0.3) is 11.7 Å². The number of rotatable bonds is 4. The van der Waals surface area contributed by atoms with E-state index in [0.29, 0.717) is 22.0 Å². The molecule has 190 valence electrons. The number of hydrogen-bond acceptors (Lipinski definition) is 4. The molecule has 3 aromatic carbocycles. The third-order valence-electron chi connectivity index (χ3n) is 6.20. The average molecular weight is 537 g/mol. The zero-order valence-corrected chi connectivity index (χ0v) is 22.3. The fraction of sp³-hybridized carbons (Fsp3) is 0.207. The third kappa shape index (κ3) is 5.26. The minimum Gasteiger partial charge on any atom is -0.507 e. The molecule has 0 saturated carbocycles. The first-order valence-electron chi connectivity index (χ1n) is 11.6. The Labute approximate surface area is 225 Å². The molecular formula is C29H26Cl2N2O4. The van der Waals surface area contributed by atoms with Crippen LogP contribution in [0.25, 0.3) is 5.76 Å². The minimum absolute atomic E-state index is 0.0576. The number of anilines is 2. The fourth-order valence-corrected chi connectivity index (χ4v) is 4.59. The largest absolute Gasteiger partial charge is 0.507 e. The highest BCUT2D eigenvalue weighted by molar-refractivity contribution is 6.51. The lowest BCUT2D eigenvalue weighted by Crippen LogP contribution is -2.29. The molecule has 1 fully saturated rings. The van der Waals surface area contributed by atoms with Crippen molar-refractivity contribution in [3.05, 3.63) is 99.0 Å². The van der Waals surface area contributed by atoms with Crippen LogP contribution in [0.4, 0.5) is 11.4 Å². The number of hydrogen-bond donors (Lipinski definition) is 2. The summed E-state index contributed by atoms with van der Waals surface area (Å²) in [5.74, 6) is -2.17. The van der Waals surface area contributed by atoms with Gasteiger partial charge >= 0.3 is 0 Å². The lowest BCUT2D eigenvalue weighted by Gasteiger charge is -2.27. The van der Waals surface area contributed by atoms with Crippen molar-refractivity contribution < 1.29 is 19.5 Å². The predicted molar refractivity (Wildman–Crippen MR) is 147 cm³/mol. The first kappa shape index (κ1) is 26.5. The molecule has 1 atom stereocenters. The Kier molecular flexibility index (Phi) is 7.18. The number of amides is 2. The smallest absolute Gasteiger partial charge is 0.300 e. The van der Waals surface area contributed by atoms with Crippen molar-refractivity contribution in [3.8, 4) is 0 Å². The van der Waals surface area contributed by atoms with Gasteiger partial charge in [0.1, 0.15) is 5.76 Å². The van der Waals surface area contributed by atoms with Crippen LogP contribution in [0.3, 0.4) is 0 Å². The van der Waals surface area contributed by atoms with Crippen molar-refractivity contribution in [2.45, 2.75) is 39.2 Å². The number of aliphatic hydroxyl groups excluding tert-OH is 1. The van der Waals surface area contributed by atoms with Crippen molar-refractivity contribution >= 4 is 57.9 Å². The molecule has 1 unspecified atom stereocenters. The van der Waals surface area contributed by atoms with Crippen molar-refractivity contribution in [1.29, 1.82) is 0 Å². The van der Waals surface area contributed by atoms with E-state index in [1.807, 2.05) is 24.3 Å². The molecule has 1 saturated heterocycles. The zero-order chi connectivity index (χ0) is 27.1. The maximum Gasteiger partial charge on any atom is 0.300 e. The molecule has 2 N–H and O–H groups in total. The van der Waals surface area contributed by atoms with Crippen molar-refractivity contribution in [1.82, 2.24) is 0 Å². The van der Waals surface area contributed by atoms with E-state index >= 15 is 0 Å². The van der Waals surface area contributed by atoms with E-state index in [9.17, 15) is 19.5 Å². The van der Waals surface area contributed by atoms with Gasteiger partial charge in [-0.2, -0.15) is 0 Å². The molecule has 6 nitrogen and oxygen atoms in total. The second-order valence-electron chi connectivity index (χ2n) is 9.90. The van der Waals surface area contributed by atoms with Crippen LogP contribution in [-0.4, -0.2) is 22.7 Å². The zero-order valence-electron chi connectivity index (χ0n) is 20.8. The summed E-state index contributed by atoms with van der Waals surface area (Å²) in [5.41, 5.74) is 2.84. The standard InChI is InChI=1S/C29H26Cl2N2O4/c1-16(34)32-20-10-12-21(13-11-20)33-25(17-5-8-19(9-6-17)29(2,3)4)24(27(36)28(33)37)26(35)18-7-14-22(30)23(31)15-18/h5-15,25,35H,1-4H3,(H,32,34)/b26-24-. The van der Waals surface area contributed by atoms with Crippen LogP contribution in [0.2, 0.25) is 10.0 Å². The van der Waals surface area contributed by atoms with Crippen LogP contribution in [0.5, 0.6) is 0 Å². The molecule has 0 radical (unpaired) electrons. The van der Waals surface area contributed by atoms with Gasteiger partial charge < -0.3 is 10.4 Å². The molecule has 0 spiro atoms. The number of ketones is 1. The molecule has 1 aliphatic rings. The summed E-state index contributed by atoms with van der Waals surface area (Å²) >= 11 is 12.2. The summed E-state index contributed by atoms with van der Waals surface area (Å²) in [6, 6.07) is 17.8. The second-order valence-corrected chi connectivity index (χ2v) is 10.7. The van der Waals surface area contributed by atoms with E-state index in [1.54, 1.807) is 30.3 Å². The van der Waals surface area contributed by atoms with Crippen LogP contribution in [0, 0.1) is 0 Å². The first-order valence-corrected chi connectivity index (χ1v) is 12.4. The Hall–Kier alpha value is -3.61. The Morgan fingerprint density at radius 1 is 0.919 bits per heavy atom. The van der Waals surface area contributed by atoms with Gasteiger partial charge in [0.2, 0.25) is 5.91 Å². The molecule has 0 aromatic heterocycles. The molecule has 2 amide bonds. The van der Waals surface area contributed by atoms with Gasteiger partial charge in [0.05, 0.1) is 21.7 Å². The van der Waals surface area contributed by atoms with Gasteiger partial charge in [-0.1, -0.05) is 68.2 Å². The van der Waals surface area contributed by atoms with Crippen molar-refractivity contribution in [2.24, 2.45) is 0 Å². The Morgan fingerprint density at radius 2 is 1.54 bits per heavy atom. The summed E-state index contributed by atoms with van der Waals surface area (Å²) in [5, 5.41) is 14.5. The van der Waals surface area contributed by atoms with E-state index in [1.165, 1.54) is 24.0 Å². The summed E-state index contributed by atoms with van der Waals surface area (Å²) in [7, 11) is 0. The number of Topliss-reactive ketones (excluding diaryl/α,β-unsaturated/α-hetero) is 1. The van der Waals surface area contributed by atoms with Gasteiger partial charge in [-0.05, 0) is 59.0 Å². The van der Waals surface area contributed by atoms with Crippen LogP contribution >= 0.6 is 23.2 Å². The van der Waals surface area contributed by atoms with Crippen LogP contribution in [0.15, 0.2) is 72.3 Å². The lowest BCUT2D eigenvalue weighted by atomic mass is 9.85. The Morgan fingerprint density at radius 3 is 2.08 bits per heavy atom. The van der Waals surface area contributed by atoms with E-state index in [0.717, 1.165) is 5.56 Å². The molecule has 0 aliphatic carbocycles. The fourth-order valence-electron chi connectivity index (χ4n) is 4.29. The number of nitrogens with zero attached hydrogens (tertiary/aromatic N) is 1. The number of aliphatic hydroxyl groups is 1. The number of carbonyl (C=O) groups is 3. The lowest BCUT2D eigenvalue weighted by molar-refractivity contribution is -0.132. The molecule has 0 bridgehead atoms. The van der Waals surface area contributed by atoms with Gasteiger partial charge in [-0.15, -0.1) is 0 Å². The molecule has 4 rings (SSSR count). The first-order chi connectivity index (χ1) is 17.4. The maximum absolute atomic E-state index is 13.4. The summed E-state index contributed by atoms with van der Waals surface area (Å²) in [4.78, 5) is 39.5. The van der Waals surface area contributed by atoms with Gasteiger partial charge in [-0.25, -0.2) is 0 Å². The molecule has 1 heterocycles. The van der Waals surface area contributed by atoms with Crippen molar-refractivity contribution in [3.63, 3.8) is 0 Å².